The third kappa shape index (κ3) is 3.06. The van der Waals surface area contributed by atoms with Crippen LogP contribution in [0.1, 0.15) is 5.56 Å². The van der Waals surface area contributed by atoms with Gasteiger partial charge in [0.15, 0.2) is 5.58 Å². The van der Waals surface area contributed by atoms with Gasteiger partial charge in [-0.1, -0.05) is 18.2 Å². The van der Waals surface area contributed by atoms with E-state index in [4.69, 9.17) is 4.42 Å². The number of hydrogen-bond acceptors (Lipinski definition) is 4. The quantitative estimate of drug-likeness (QED) is 0.771. The molecule has 22 heavy (non-hydrogen) atoms. The second kappa shape index (κ2) is 6.26. The van der Waals surface area contributed by atoms with E-state index < -0.39 is 5.76 Å². The van der Waals surface area contributed by atoms with Crippen molar-refractivity contribution in [2.45, 2.75) is 13.0 Å². The molecular weight excluding hydrogens is 282 g/mol. The number of rotatable bonds is 5. The van der Waals surface area contributed by atoms with Gasteiger partial charge in [0.2, 0.25) is 5.91 Å². The van der Waals surface area contributed by atoms with E-state index in [1.165, 1.54) is 4.57 Å². The minimum Gasteiger partial charge on any atom is -0.408 e. The van der Waals surface area contributed by atoms with Crippen LogP contribution in [-0.2, 0) is 17.8 Å². The highest BCUT2D eigenvalue weighted by molar-refractivity contribution is 5.79. The van der Waals surface area contributed by atoms with Gasteiger partial charge in [0, 0.05) is 18.9 Å². The average Bonchev–Trinajstić information content (AvgIpc) is 2.84. The lowest BCUT2D eigenvalue weighted by molar-refractivity contribution is -0.121. The molecule has 0 unspecified atom stereocenters. The zero-order chi connectivity index (χ0) is 15.4. The molecule has 1 N–H and O–H groups in total. The Kier molecular flexibility index (Phi) is 4.00. The first kappa shape index (κ1) is 14.1. The Morgan fingerprint density at radius 3 is 2.91 bits per heavy atom. The fourth-order valence-electron chi connectivity index (χ4n) is 2.26. The van der Waals surface area contributed by atoms with E-state index in [-0.39, 0.29) is 12.5 Å². The molecule has 0 radical (unpaired) electrons. The van der Waals surface area contributed by atoms with E-state index in [0.717, 1.165) is 5.56 Å². The van der Waals surface area contributed by atoms with Crippen molar-refractivity contribution in [1.29, 1.82) is 0 Å². The minimum absolute atomic E-state index is 0.0527. The lowest BCUT2D eigenvalue weighted by Gasteiger charge is -2.05. The van der Waals surface area contributed by atoms with Gasteiger partial charge in [-0.25, -0.2) is 4.79 Å². The van der Waals surface area contributed by atoms with Gasteiger partial charge >= 0.3 is 5.76 Å². The van der Waals surface area contributed by atoms with Crippen LogP contribution in [0.4, 0.5) is 0 Å². The topological polar surface area (TPSA) is 77.1 Å². The molecule has 0 fully saturated rings. The van der Waals surface area contributed by atoms with Crippen molar-refractivity contribution in [3.8, 4) is 0 Å². The van der Waals surface area contributed by atoms with Crippen LogP contribution in [0.2, 0.25) is 0 Å². The number of pyridine rings is 1. The van der Waals surface area contributed by atoms with Crippen LogP contribution in [0.3, 0.4) is 0 Å². The van der Waals surface area contributed by atoms with Gasteiger partial charge in [0.1, 0.15) is 6.54 Å². The third-order valence-electron chi connectivity index (χ3n) is 3.33. The highest BCUT2D eigenvalue weighted by Gasteiger charge is 2.11. The highest BCUT2D eigenvalue weighted by atomic mass is 16.4. The Bertz CT molecular complexity index is 836. The summed E-state index contributed by atoms with van der Waals surface area (Å²) in [6, 6.07) is 10.8. The van der Waals surface area contributed by atoms with E-state index in [9.17, 15) is 9.59 Å². The van der Waals surface area contributed by atoms with Crippen LogP contribution in [0.5, 0.6) is 0 Å². The van der Waals surface area contributed by atoms with Crippen molar-refractivity contribution in [3.05, 3.63) is 64.9 Å². The maximum atomic E-state index is 12.0. The molecule has 6 heteroatoms. The SMILES string of the molecule is O=C(Cn1c(=O)oc2ccccc21)NCCc1cccnc1. The lowest BCUT2D eigenvalue weighted by atomic mass is 10.2. The zero-order valence-electron chi connectivity index (χ0n) is 11.9. The summed E-state index contributed by atoms with van der Waals surface area (Å²) in [5.41, 5.74) is 2.15. The predicted molar refractivity (Wildman–Crippen MR) is 81.4 cm³/mol. The van der Waals surface area contributed by atoms with Crippen LogP contribution in [0, 0.1) is 0 Å². The number of carbonyl (C=O) groups excluding carboxylic acids is 1. The molecule has 0 aliphatic heterocycles. The van der Waals surface area contributed by atoms with Gasteiger partial charge in [0.25, 0.3) is 0 Å². The lowest BCUT2D eigenvalue weighted by Crippen LogP contribution is -2.32. The molecule has 1 aromatic carbocycles. The van der Waals surface area contributed by atoms with Gasteiger partial charge in [-0.2, -0.15) is 0 Å². The summed E-state index contributed by atoms with van der Waals surface area (Å²) in [6.07, 6.45) is 4.17. The maximum Gasteiger partial charge on any atom is 0.420 e. The van der Waals surface area contributed by atoms with Gasteiger partial charge in [-0.3, -0.25) is 14.3 Å². The minimum atomic E-state index is -0.524. The second-order valence-corrected chi connectivity index (χ2v) is 4.88. The van der Waals surface area contributed by atoms with E-state index in [2.05, 4.69) is 10.3 Å². The molecule has 0 spiro atoms. The molecule has 0 aliphatic rings. The summed E-state index contributed by atoms with van der Waals surface area (Å²) in [5, 5.41) is 2.79. The van der Waals surface area contributed by atoms with Crippen LogP contribution in [0.25, 0.3) is 11.1 Å². The second-order valence-electron chi connectivity index (χ2n) is 4.88. The number of benzene rings is 1. The normalized spacial score (nSPS) is 10.7. The van der Waals surface area contributed by atoms with E-state index >= 15 is 0 Å². The molecule has 3 rings (SSSR count). The molecule has 0 atom stereocenters. The van der Waals surface area contributed by atoms with Crippen LogP contribution < -0.4 is 11.1 Å². The van der Waals surface area contributed by atoms with Crippen molar-refractivity contribution in [2.24, 2.45) is 0 Å². The number of nitrogens with one attached hydrogen (secondary N) is 1. The molecule has 0 aliphatic carbocycles. The first-order valence-corrected chi connectivity index (χ1v) is 6.98. The fourth-order valence-corrected chi connectivity index (χ4v) is 2.26. The summed E-state index contributed by atoms with van der Waals surface area (Å²) >= 11 is 0. The number of oxazole rings is 1. The van der Waals surface area contributed by atoms with Gasteiger partial charge < -0.3 is 9.73 Å². The van der Waals surface area contributed by atoms with Crippen LogP contribution in [0.15, 0.2) is 58.0 Å². The largest absolute Gasteiger partial charge is 0.420 e. The highest BCUT2D eigenvalue weighted by Crippen LogP contribution is 2.11. The van der Waals surface area contributed by atoms with Crippen LogP contribution in [-0.4, -0.2) is 22.0 Å². The van der Waals surface area contributed by atoms with Gasteiger partial charge in [-0.05, 0) is 30.2 Å². The number of carbonyl (C=O) groups is 1. The Labute approximate surface area is 126 Å². The smallest absolute Gasteiger partial charge is 0.408 e. The van der Waals surface area contributed by atoms with Crippen LogP contribution >= 0.6 is 0 Å². The molecule has 6 nitrogen and oxygen atoms in total. The third-order valence-corrected chi connectivity index (χ3v) is 3.33. The summed E-state index contributed by atoms with van der Waals surface area (Å²) < 4.78 is 6.42. The molecule has 112 valence electrons. The first-order valence-electron chi connectivity index (χ1n) is 6.98. The van der Waals surface area contributed by atoms with Gasteiger partial charge in [0.05, 0.1) is 5.52 Å². The number of aromatic nitrogens is 2. The average molecular weight is 297 g/mol. The molecular formula is C16H15N3O3. The monoisotopic (exact) mass is 297 g/mol. The fraction of sp³-hybridized carbons (Fsp3) is 0.188. The number of hydrogen-bond donors (Lipinski definition) is 1. The number of para-hydroxylation sites is 2. The molecule has 0 bridgehead atoms. The van der Waals surface area contributed by atoms with Gasteiger partial charge in [-0.15, -0.1) is 0 Å². The van der Waals surface area contributed by atoms with E-state index in [1.54, 1.807) is 36.7 Å². The maximum absolute atomic E-state index is 12.0. The van der Waals surface area contributed by atoms with Crippen molar-refractivity contribution in [2.75, 3.05) is 6.54 Å². The van der Waals surface area contributed by atoms with E-state index in [1.807, 2.05) is 12.1 Å². The standard InChI is InChI=1S/C16H15N3O3/c20-15(18-9-7-12-4-3-8-17-10-12)11-19-13-5-1-2-6-14(13)22-16(19)21/h1-6,8,10H,7,9,11H2,(H,18,20). The Morgan fingerprint density at radius 2 is 2.09 bits per heavy atom. The molecule has 0 saturated heterocycles. The summed E-state index contributed by atoms with van der Waals surface area (Å²) in [5.74, 6) is -0.749. The number of fused-ring (bicyclic) bond motifs is 1. The first-order chi connectivity index (χ1) is 10.7. The Hall–Kier alpha value is -2.89. The summed E-state index contributed by atoms with van der Waals surface area (Å²) in [6.45, 7) is 0.442. The predicted octanol–water partition coefficient (Wildman–Crippen LogP) is 1.35. The molecule has 2 heterocycles. The van der Waals surface area contributed by atoms with E-state index in [0.29, 0.717) is 24.1 Å². The summed E-state index contributed by atoms with van der Waals surface area (Å²) in [4.78, 5) is 27.8. The Balaban J connectivity index is 1.61. The van der Waals surface area contributed by atoms with Crippen molar-refractivity contribution in [3.63, 3.8) is 0 Å². The summed E-state index contributed by atoms with van der Waals surface area (Å²) in [7, 11) is 0. The Morgan fingerprint density at radius 1 is 1.23 bits per heavy atom. The van der Waals surface area contributed by atoms with Crippen molar-refractivity contribution >= 4 is 17.0 Å². The number of amides is 1. The molecule has 0 saturated carbocycles. The zero-order valence-corrected chi connectivity index (χ0v) is 11.9. The molecule has 3 aromatic rings. The van der Waals surface area contributed by atoms with Crippen molar-refractivity contribution in [1.82, 2.24) is 14.9 Å². The molecule has 1 amide bonds. The van der Waals surface area contributed by atoms with Crippen molar-refractivity contribution < 1.29 is 9.21 Å². The number of nitrogens with zero attached hydrogens (tertiary/aromatic N) is 2. The molecule has 2 aromatic heterocycles.